The highest BCUT2D eigenvalue weighted by Crippen LogP contribution is 2.31. The van der Waals surface area contributed by atoms with Crippen LogP contribution >= 0.6 is 11.8 Å². The zero-order valence-electron chi connectivity index (χ0n) is 8.61. The van der Waals surface area contributed by atoms with Gasteiger partial charge in [0.2, 0.25) is 0 Å². The summed E-state index contributed by atoms with van der Waals surface area (Å²) in [5, 5.41) is 9.25. The summed E-state index contributed by atoms with van der Waals surface area (Å²) < 4.78 is 0. The zero-order chi connectivity index (χ0) is 10.6. The van der Waals surface area contributed by atoms with Crippen molar-refractivity contribution in [1.82, 2.24) is 0 Å². The van der Waals surface area contributed by atoms with E-state index >= 15 is 0 Å². The maximum atomic E-state index is 10.5. The van der Waals surface area contributed by atoms with Gasteiger partial charge in [-0.2, -0.15) is 11.8 Å². The van der Waals surface area contributed by atoms with Gasteiger partial charge in [0.15, 0.2) is 0 Å². The molecule has 1 aliphatic rings. The van der Waals surface area contributed by atoms with Crippen LogP contribution in [0.15, 0.2) is 0 Å². The van der Waals surface area contributed by atoms with Gasteiger partial charge in [0.25, 0.3) is 0 Å². The normalized spacial score (nSPS) is 29.9. The Hall–Kier alpha value is -0.220. The Balaban J connectivity index is 2.16. The van der Waals surface area contributed by atoms with Crippen molar-refractivity contribution in [3.05, 3.63) is 0 Å². The smallest absolute Gasteiger partial charge is 0.321 e. The first-order chi connectivity index (χ1) is 6.59. The van der Waals surface area contributed by atoms with E-state index in [2.05, 4.69) is 6.92 Å². The first-order valence-corrected chi connectivity index (χ1v) is 6.24. The molecule has 1 saturated carbocycles. The van der Waals surface area contributed by atoms with E-state index in [1.165, 1.54) is 25.7 Å². The van der Waals surface area contributed by atoms with Crippen LogP contribution in [0.4, 0.5) is 0 Å². The van der Waals surface area contributed by atoms with E-state index in [0.717, 1.165) is 5.92 Å². The molecular weight excluding hydrogens is 198 g/mol. The third kappa shape index (κ3) is 3.88. The molecule has 0 heterocycles. The Morgan fingerprint density at radius 3 is 2.57 bits per heavy atom. The van der Waals surface area contributed by atoms with Crippen molar-refractivity contribution >= 4 is 17.7 Å². The van der Waals surface area contributed by atoms with E-state index in [9.17, 15) is 4.79 Å². The molecule has 1 unspecified atom stereocenters. The highest BCUT2D eigenvalue weighted by atomic mass is 32.2. The molecule has 0 aliphatic heterocycles. The maximum absolute atomic E-state index is 10.5. The molecule has 4 heteroatoms. The fraction of sp³-hybridized carbons (Fsp3) is 0.900. The molecule has 0 aromatic carbocycles. The van der Waals surface area contributed by atoms with Gasteiger partial charge in [0.1, 0.15) is 6.04 Å². The number of rotatable bonds is 4. The van der Waals surface area contributed by atoms with E-state index in [0.29, 0.717) is 11.0 Å². The molecular formula is C10H19NO2S. The number of hydrogen-bond acceptors (Lipinski definition) is 3. The fourth-order valence-electron chi connectivity index (χ4n) is 1.71. The monoisotopic (exact) mass is 217 g/mol. The molecule has 1 atom stereocenters. The Morgan fingerprint density at radius 1 is 1.50 bits per heavy atom. The minimum Gasteiger partial charge on any atom is -0.480 e. The molecule has 3 N–H and O–H groups in total. The molecule has 0 radical (unpaired) electrons. The van der Waals surface area contributed by atoms with Crippen LogP contribution in [0, 0.1) is 5.92 Å². The maximum Gasteiger partial charge on any atom is 0.321 e. The predicted octanol–water partition coefficient (Wildman–Crippen LogP) is 1.71. The summed E-state index contributed by atoms with van der Waals surface area (Å²) in [6.45, 7) is 2.28. The van der Waals surface area contributed by atoms with Crippen molar-refractivity contribution in [3.63, 3.8) is 0 Å². The average molecular weight is 217 g/mol. The van der Waals surface area contributed by atoms with E-state index in [-0.39, 0.29) is 0 Å². The van der Waals surface area contributed by atoms with E-state index in [1.54, 1.807) is 11.8 Å². The number of aliphatic carboxylic acids is 1. The van der Waals surface area contributed by atoms with Crippen LogP contribution in [0.2, 0.25) is 0 Å². The first-order valence-electron chi connectivity index (χ1n) is 5.19. The van der Waals surface area contributed by atoms with Gasteiger partial charge in [-0.3, -0.25) is 4.79 Å². The zero-order valence-corrected chi connectivity index (χ0v) is 9.43. The van der Waals surface area contributed by atoms with Gasteiger partial charge in [-0.15, -0.1) is 0 Å². The van der Waals surface area contributed by atoms with Gasteiger partial charge in [-0.05, 0) is 31.6 Å². The topological polar surface area (TPSA) is 63.3 Å². The number of thioether (sulfide) groups is 1. The van der Waals surface area contributed by atoms with Crippen LogP contribution in [-0.2, 0) is 4.79 Å². The molecule has 1 aliphatic carbocycles. The number of hydrogen-bond donors (Lipinski definition) is 2. The Bertz CT molecular complexity index is 191. The molecule has 0 spiro atoms. The summed E-state index contributed by atoms with van der Waals surface area (Å²) >= 11 is 1.73. The molecule has 14 heavy (non-hydrogen) atoms. The molecule has 82 valence electrons. The molecule has 1 rings (SSSR count). The quantitative estimate of drug-likeness (QED) is 0.752. The molecule has 1 fully saturated rings. The lowest BCUT2D eigenvalue weighted by molar-refractivity contribution is -0.137. The minimum absolute atomic E-state index is 0.550. The van der Waals surface area contributed by atoms with Crippen LogP contribution in [0.25, 0.3) is 0 Å². The molecule has 0 saturated heterocycles. The lowest BCUT2D eigenvalue weighted by Gasteiger charge is -2.26. The van der Waals surface area contributed by atoms with Crippen LogP contribution < -0.4 is 5.73 Å². The standard InChI is InChI=1S/C10H19NO2S/c1-7-2-4-8(5-3-7)14-6-9(11)10(12)13/h7-9H,2-6,11H2,1H3,(H,12,13). The van der Waals surface area contributed by atoms with E-state index < -0.39 is 12.0 Å². The first kappa shape index (κ1) is 11.9. The third-order valence-corrected chi connectivity index (χ3v) is 4.29. The van der Waals surface area contributed by atoms with Crippen LogP contribution in [0.5, 0.6) is 0 Å². The second-order valence-corrected chi connectivity index (χ2v) is 5.49. The van der Waals surface area contributed by atoms with Crippen molar-refractivity contribution in [2.24, 2.45) is 11.7 Å². The lowest BCUT2D eigenvalue weighted by atomic mass is 9.91. The summed E-state index contributed by atoms with van der Waals surface area (Å²) in [5.41, 5.74) is 5.44. The predicted molar refractivity (Wildman–Crippen MR) is 59.5 cm³/mol. The summed E-state index contributed by atoms with van der Waals surface area (Å²) in [6, 6.07) is -0.695. The Morgan fingerprint density at radius 2 is 2.07 bits per heavy atom. The highest BCUT2D eigenvalue weighted by Gasteiger charge is 2.20. The summed E-state index contributed by atoms with van der Waals surface area (Å²) in [7, 11) is 0. The lowest BCUT2D eigenvalue weighted by Crippen LogP contribution is -2.33. The Labute approximate surface area is 89.4 Å². The van der Waals surface area contributed by atoms with Gasteiger partial charge >= 0.3 is 5.97 Å². The van der Waals surface area contributed by atoms with E-state index in [4.69, 9.17) is 10.8 Å². The van der Waals surface area contributed by atoms with Gasteiger partial charge < -0.3 is 10.8 Å². The van der Waals surface area contributed by atoms with Crippen molar-refractivity contribution in [1.29, 1.82) is 0 Å². The van der Waals surface area contributed by atoms with Crippen LogP contribution in [-0.4, -0.2) is 28.1 Å². The van der Waals surface area contributed by atoms with Gasteiger partial charge in [-0.1, -0.05) is 6.92 Å². The third-order valence-electron chi connectivity index (χ3n) is 2.79. The van der Waals surface area contributed by atoms with Crippen LogP contribution in [0.1, 0.15) is 32.6 Å². The number of carboxylic acid groups (broad SMARTS) is 1. The second kappa shape index (κ2) is 5.61. The minimum atomic E-state index is -0.887. The average Bonchev–Trinajstić information content (AvgIpc) is 2.16. The Kier molecular flexibility index (Phi) is 4.75. The highest BCUT2D eigenvalue weighted by molar-refractivity contribution is 7.99. The summed E-state index contributed by atoms with van der Waals surface area (Å²) in [4.78, 5) is 10.5. The largest absolute Gasteiger partial charge is 0.480 e. The SMILES string of the molecule is CC1CCC(SCC(N)C(=O)O)CC1. The van der Waals surface area contributed by atoms with Crippen molar-refractivity contribution in [2.45, 2.75) is 43.9 Å². The van der Waals surface area contributed by atoms with Gasteiger partial charge in [-0.25, -0.2) is 0 Å². The van der Waals surface area contributed by atoms with Crippen molar-refractivity contribution < 1.29 is 9.90 Å². The molecule has 0 bridgehead atoms. The van der Waals surface area contributed by atoms with Crippen molar-refractivity contribution in [2.75, 3.05) is 5.75 Å². The van der Waals surface area contributed by atoms with Crippen molar-refractivity contribution in [3.8, 4) is 0 Å². The second-order valence-electron chi connectivity index (χ2n) is 4.16. The van der Waals surface area contributed by atoms with E-state index in [1.807, 2.05) is 0 Å². The van der Waals surface area contributed by atoms with Crippen LogP contribution in [0.3, 0.4) is 0 Å². The molecule has 0 aromatic heterocycles. The summed E-state index contributed by atoms with van der Waals surface area (Å²) in [6.07, 6.45) is 5.00. The molecule has 0 aromatic rings. The molecule has 0 amide bonds. The molecule has 3 nitrogen and oxygen atoms in total. The van der Waals surface area contributed by atoms with Gasteiger partial charge in [0.05, 0.1) is 0 Å². The number of nitrogens with two attached hydrogens (primary N) is 1. The fourth-order valence-corrected chi connectivity index (χ4v) is 2.93. The summed E-state index contributed by atoms with van der Waals surface area (Å²) in [5.74, 6) is 0.510. The number of carboxylic acids is 1. The van der Waals surface area contributed by atoms with Gasteiger partial charge in [0, 0.05) is 11.0 Å². The number of carbonyl (C=O) groups is 1.